The Morgan fingerprint density at radius 2 is 0.765 bits per heavy atom. The van der Waals surface area contributed by atoms with Crippen molar-refractivity contribution in [3.8, 4) is 0 Å². The Bertz CT molecular complexity index is 137. The Labute approximate surface area is 113 Å². The standard InChI is InChI=1S/2C3H9N.2NO3.Pt/c2*1-3(2)4;2*2-1(3)4;/h2*3H,4H2,1-2H3;;;/q;;2*-1;+2. The van der Waals surface area contributed by atoms with Crippen LogP contribution in [0.2, 0.25) is 0 Å². The second-order valence-electron chi connectivity index (χ2n) is 2.94. The van der Waals surface area contributed by atoms with Gasteiger partial charge >= 0.3 is 21.1 Å². The molecule has 0 aromatic heterocycles. The molecule has 0 aliphatic rings. The number of nitrogens with two attached hydrogens (primary N) is 2. The molecule has 0 aromatic carbocycles. The smallest absolute Gasteiger partial charge is 0.356 e. The van der Waals surface area contributed by atoms with E-state index in [2.05, 4.69) is 0 Å². The van der Waals surface area contributed by atoms with Gasteiger partial charge in [0.1, 0.15) is 0 Å². The van der Waals surface area contributed by atoms with E-state index in [9.17, 15) is 0 Å². The molecular weight excluding hydrogens is 419 g/mol. The second-order valence-corrected chi connectivity index (χ2v) is 2.94. The van der Waals surface area contributed by atoms with Crippen LogP contribution in [-0.2, 0) is 21.1 Å². The van der Waals surface area contributed by atoms with Crippen molar-refractivity contribution >= 4 is 0 Å². The summed E-state index contributed by atoms with van der Waals surface area (Å²) in [7, 11) is 0. The zero-order chi connectivity index (χ0) is 14.3. The van der Waals surface area contributed by atoms with Crippen LogP contribution in [0.25, 0.3) is 0 Å². The maximum absolute atomic E-state index is 8.25. The number of rotatable bonds is 0. The van der Waals surface area contributed by atoms with Gasteiger partial charge in [0, 0.05) is 0 Å². The fourth-order valence-corrected chi connectivity index (χ4v) is 0. The molecule has 0 amide bonds. The van der Waals surface area contributed by atoms with Gasteiger partial charge in [0.2, 0.25) is 0 Å². The van der Waals surface area contributed by atoms with E-state index in [1.54, 1.807) is 0 Å². The zero-order valence-electron chi connectivity index (χ0n) is 9.97. The summed E-state index contributed by atoms with van der Waals surface area (Å²) in [4.78, 5) is 16.5. The summed E-state index contributed by atoms with van der Waals surface area (Å²) < 4.78 is 0. The van der Waals surface area contributed by atoms with E-state index >= 15 is 0 Å². The van der Waals surface area contributed by atoms with E-state index in [0.717, 1.165) is 0 Å². The van der Waals surface area contributed by atoms with Crippen LogP contribution in [0.4, 0.5) is 0 Å². The molecule has 0 spiro atoms. The van der Waals surface area contributed by atoms with Crippen LogP contribution in [0, 0.1) is 30.6 Å². The first-order chi connectivity index (χ1) is 6.93. The van der Waals surface area contributed by atoms with Gasteiger partial charge in [-0.3, -0.25) is 0 Å². The molecule has 10 nitrogen and oxygen atoms in total. The maximum Gasteiger partial charge on any atom is 2.00 e. The van der Waals surface area contributed by atoms with Crippen LogP contribution in [0.15, 0.2) is 0 Å². The predicted octanol–water partition coefficient (Wildman–Crippen LogP) is 0.226. The Morgan fingerprint density at radius 3 is 0.765 bits per heavy atom. The molecule has 0 heterocycles. The fraction of sp³-hybridized carbons (Fsp3) is 1.00. The summed E-state index contributed by atoms with van der Waals surface area (Å²) in [6.45, 7) is 7.78. The monoisotopic (exact) mass is 437 g/mol. The molecule has 0 aliphatic heterocycles. The normalized spacial score (nSPS) is 7.06. The molecule has 0 aromatic rings. The molecule has 0 bridgehead atoms. The number of hydrogen-bond donors (Lipinski definition) is 2. The zero-order valence-corrected chi connectivity index (χ0v) is 12.2. The summed E-state index contributed by atoms with van der Waals surface area (Å²) >= 11 is 0. The molecule has 108 valence electrons. The van der Waals surface area contributed by atoms with Crippen molar-refractivity contribution in [2.45, 2.75) is 39.8 Å². The van der Waals surface area contributed by atoms with Crippen molar-refractivity contribution in [3.63, 3.8) is 0 Å². The van der Waals surface area contributed by atoms with Crippen molar-refractivity contribution in [1.82, 2.24) is 0 Å². The van der Waals surface area contributed by atoms with Crippen LogP contribution >= 0.6 is 0 Å². The molecular formula is C6H18N4O6Pt. The molecule has 0 rings (SSSR count). The molecule has 11 heteroatoms. The molecule has 0 saturated heterocycles. The summed E-state index contributed by atoms with van der Waals surface area (Å²) in [6, 6.07) is 0.667. The Balaban J connectivity index is -0.0000000369. The van der Waals surface area contributed by atoms with Crippen molar-refractivity contribution in [2.75, 3.05) is 0 Å². The maximum atomic E-state index is 8.25. The van der Waals surface area contributed by atoms with Gasteiger partial charge < -0.3 is 42.1 Å². The fourth-order valence-electron chi connectivity index (χ4n) is 0. The van der Waals surface area contributed by atoms with Crippen LogP contribution in [0.5, 0.6) is 0 Å². The minimum absolute atomic E-state index is 0. The third kappa shape index (κ3) is 2580. The molecule has 0 saturated carbocycles. The second kappa shape index (κ2) is 24.3. The summed E-state index contributed by atoms with van der Waals surface area (Å²) in [6.07, 6.45) is 0. The van der Waals surface area contributed by atoms with E-state index in [1.807, 2.05) is 27.7 Å². The Morgan fingerprint density at radius 1 is 0.765 bits per heavy atom. The number of hydrogen-bond acceptors (Lipinski definition) is 8. The van der Waals surface area contributed by atoms with Crippen LogP contribution in [0.3, 0.4) is 0 Å². The summed E-state index contributed by atoms with van der Waals surface area (Å²) in [5.74, 6) is 0. The van der Waals surface area contributed by atoms with Gasteiger partial charge in [-0.15, -0.1) is 0 Å². The molecule has 0 fully saturated rings. The largest absolute Gasteiger partial charge is 2.00 e. The molecule has 0 atom stereocenters. The van der Waals surface area contributed by atoms with Crippen molar-refractivity contribution in [1.29, 1.82) is 0 Å². The van der Waals surface area contributed by atoms with Crippen LogP contribution in [0.1, 0.15) is 27.7 Å². The quantitative estimate of drug-likeness (QED) is 0.398. The van der Waals surface area contributed by atoms with E-state index < -0.39 is 10.2 Å². The van der Waals surface area contributed by atoms with Crippen molar-refractivity contribution in [2.24, 2.45) is 11.5 Å². The van der Waals surface area contributed by atoms with Gasteiger partial charge in [0.05, 0.1) is 10.2 Å². The van der Waals surface area contributed by atoms with Crippen molar-refractivity contribution < 1.29 is 31.2 Å². The van der Waals surface area contributed by atoms with E-state index in [4.69, 9.17) is 42.1 Å². The van der Waals surface area contributed by atoms with Gasteiger partial charge in [-0.2, -0.15) is 0 Å². The predicted molar refractivity (Wildman–Crippen MR) is 59.4 cm³/mol. The van der Waals surface area contributed by atoms with Gasteiger partial charge in [-0.05, 0) is 12.1 Å². The van der Waals surface area contributed by atoms with Gasteiger partial charge in [-0.25, -0.2) is 0 Å². The van der Waals surface area contributed by atoms with E-state index in [-0.39, 0.29) is 21.1 Å². The molecule has 17 heavy (non-hydrogen) atoms. The SMILES string of the molecule is CC(C)N.CC(C)N.O=[N+]([O-])[O-].O=[N+]([O-])[O-].[Pt+2]. The van der Waals surface area contributed by atoms with Crippen LogP contribution in [-0.4, -0.2) is 22.3 Å². The minimum atomic E-state index is -1.75. The third-order valence-corrected chi connectivity index (χ3v) is 0. The van der Waals surface area contributed by atoms with Gasteiger partial charge in [-0.1, -0.05) is 27.7 Å². The molecule has 0 aliphatic carbocycles. The molecule has 4 N–H and O–H groups in total. The van der Waals surface area contributed by atoms with Gasteiger partial charge in [0.25, 0.3) is 0 Å². The van der Waals surface area contributed by atoms with Gasteiger partial charge in [0.15, 0.2) is 0 Å². The topological polar surface area (TPSA) is 184 Å². The summed E-state index contributed by atoms with van der Waals surface area (Å²) in [5, 5.41) is 29.5. The first kappa shape index (κ1) is 29.8. The van der Waals surface area contributed by atoms with E-state index in [1.165, 1.54) is 0 Å². The number of nitrogens with zero attached hydrogens (tertiary/aromatic N) is 2. The summed E-state index contributed by atoms with van der Waals surface area (Å²) in [5.41, 5.74) is 10.2. The van der Waals surface area contributed by atoms with Crippen molar-refractivity contribution in [3.05, 3.63) is 30.6 Å². The molecule has 0 radical (unpaired) electrons. The average Bonchev–Trinajstić information content (AvgIpc) is 1.76. The average molecular weight is 437 g/mol. The first-order valence-electron chi connectivity index (χ1n) is 4.07. The van der Waals surface area contributed by atoms with Crippen LogP contribution < -0.4 is 11.5 Å². The van der Waals surface area contributed by atoms with E-state index in [0.29, 0.717) is 12.1 Å². The third-order valence-electron chi connectivity index (χ3n) is 0. The molecule has 0 unspecified atom stereocenters. The Hall–Kier alpha value is -0.992. The first-order valence-corrected chi connectivity index (χ1v) is 4.07. The minimum Gasteiger partial charge on any atom is -0.356 e. The Kier molecular flexibility index (Phi) is 42.5.